The fourth-order valence-corrected chi connectivity index (χ4v) is 2.96. The molecule has 1 saturated carbocycles. The summed E-state index contributed by atoms with van der Waals surface area (Å²) in [6.07, 6.45) is 8.71. The van der Waals surface area contributed by atoms with Crippen molar-refractivity contribution in [2.24, 2.45) is 0 Å². The van der Waals surface area contributed by atoms with Gasteiger partial charge < -0.3 is 25.6 Å². The van der Waals surface area contributed by atoms with E-state index in [-0.39, 0.29) is 5.91 Å². The summed E-state index contributed by atoms with van der Waals surface area (Å²) in [5.41, 5.74) is 0. The Morgan fingerprint density at radius 2 is 2.11 bits per heavy atom. The van der Waals surface area contributed by atoms with Gasteiger partial charge in [-0.2, -0.15) is 0 Å². The summed E-state index contributed by atoms with van der Waals surface area (Å²) in [6.45, 7) is 0.332. The van der Waals surface area contributed by atoms with Crippen molar-refractivity contribution in [3.05, 3.63) is 24.0 Å². The van der Waals surface area contributed by atoms with Crippen molar-refractivity contribution in [1.82, 2.24) is 20.9 Å². The van der Waals surface area contributed by atoms with Crippen LogP contribution in [-0.2, 0) is 9.53 Å². The summed E-state index contributed by atoms with van der Waals surface area (Å²) in [5.74, 6) is 1.72. The number of amides is 1. The maximum atomic E-state index is 11.4. The molecule has 19 heavy (non-hydrogen) atoms. The highest BCUT2D eigenvalue weighted by molar-refractivity contribution is 5.81. The van der Waals surface area contributed by atoms with E-state index in [1.807, 2.05) is 12.4 Å². The molecule has 3 aliphatic rings. The van der Waals surface area contributed by atoms with Crippen LogP contribution in [0.2, 0.25) is 0 Å². The summed E-state index contributed by atoms with van der Waals surface area (Å²) >= 11 is 0. The molecule has 0 unspecified atom stereocenters. The molecular weight excluding hydrogens is 244 g/mol. The Balaban J connectivity index is 1.72. The zero-order valence-electron chi connectivity index (χ0n) is 11.1. The standard InChI is InChI=1S/C13H20N4O2/c1-19-10-4-2-9(3-5-10)17-7-6-14-12-13(17)15-8-11(18)16-12/h6-7,9-10,14-15H,2-5,8H2,1H3,(H,16,18). The first-order valence-corrected chi connectivity index (χ1v) is 6.80. The molecule has 0 aromatic carbocycles. The molecule has 1 aliphatic carbocycles. The molecule has 6 heteroatoms. The van der Waals surface area contributed by atoms with Crippen LogP contribution in [0.5, 0.6) is 0 Å². The molecule has 6 nitrogen and oxygen atoms in total. The molecule has 1 fully saturated rings. The Labute approximate surface area is 112 Å². The van der Waals surface area contributed by atoms with Gasteiger partial charge in [0.15, 0.2) is 5.82 Å². The second kappa shape index (κ2) is 5.13. The lowest BCUT2D eigenvalue weighted by molar-refractivity contribution is -0.120. The number of nitrogens with zero attached hydrogens (tertiary/aromatic N) is 1. The molecule has 104 valence electrons. The molecule has 1 amide bonds. The second-order valence-corrected chi connectivity index (χ2v) is 5.16. The van der Waals surface area contributed by atoms with E-state index in [1.54, 1.807) is 7.11 Å². The first kappa shape index (κ1) is 12.3. The number of ether oxygens (including phenoxy) is 1. The van der Waals surface area contributed by atoms with Crippen LogP contribution in [0, 0.1) is 0 Å². The maximum Gasteiger partial charge on any atom is 0.244 e. The van der Waals surface area contributed by atoms with Gasteiger partial charge in [0.05, 0.1) is 12.6 Å². The monoisotopic (exact) mass is 264 g/mol. The Bertz CT molecular complexity index is 424. The molecule has 2 heterocycles. The number of carbonyl (C=O) groups excluding carboxylic acids is 1. The zero-order valence-corrected chi connectivity index (χ0v) is 11.1. The molecule has 0 spiro atoms. The number of carbonyl (C=O) groups is 1. The lowest BCUT2D eigenvalue weighted by atomic mass is 9.92. The highest BCUT2D eigenvalue weighted by atomic mass is 16.5. The second-order valence-electron chi connectivity index (χ2n) is 5.16. The van der Waals surface area contributed by atoms with Gasteiger partial charge in [0.2, 0.25) is 5.91 Å². The highest BCUT2D eigenvalue weighted by Gasteiger charge is 2.30. The van der Waals surface area contributed by atoms with Crippen molar-refractivity contribution < 1.29 is 9.53 Å². The average Bonchev–Trinajstić information content (AvgIpc) is 2.46. The van der Waals surface area contributed by atoms with Crippen LogP contribution < -0.4 is 16.0 Å². The molecule has 0 bridgehead atoms. The molecule has 0 saturated heterocycles. The van der Waals surface area contributed by atoms with Gasteiger partial charge in [0, 0.05) is 25.6 Å². The van der Waals surface area contributed by atoms with E-state index in [4.69, 9.17) is 4.74 Å². The third-order valence-electron chi connectivity index (χ3n) is 4.01. The Kier molecular flexibility index (Phi) is 3.33. The molecule has 0 aromatic heterocycles. The molecular formula is C13H20N4O2. The van der Waals surface area contributed by atoms with Gasteiger partial charge in [-0.3, -0.25) is 4.79 Å². The SMILES string of the molecule is COC1CCC(N2C=CNC3=C2NCC(=O)N3)CC1. The summed E-state index contributed by atoms with van der Waals surface area (Å²) in [7, 11) is 1.79. The third-order valence-corrected chi connectivity index (χ3v) is 4.01. The predicted molar refractivity (Wildman–Crippen MR) is 70.3 cm³/mol. The van der Waals surface area contributed by atoms with E-state index in [0.717, 1.165) is 37.3 Å². The number of rotatable bonds is 2. The minimum absolute atomic E-state index is 0.00964. The first-order valence-electron chi connectivity index (χ1n) is 6.80. The average molecular weight is 264 g/mol. The van der Waals surface area contributed by atoms with Gasteiger partial charge in [-0.25, -0.2) is 0 Å². The lowest BCUT2D eigenvalue weighted by Gasteiger charge is -2.40. The van der Waals surface area contributed by atoms with Crippen LogP contribution in [0.4, 0.5) is 0 Å². The van der Waals surface area contributed by atoms with E-state index in [2.05, 4.69) is 20.9 Å². The fourth-order valence-electron chi connectivity index (χ4n) is 2.96. The van der Waals surface area contributed by atoms with Crippen molar-refractivity contribution in [1.29, 1.82) is 0 Å². The van der Waals surface area contributed by atoms with Crippen LogP contribution in [0.1, 0.15) is 25.7 Å². The van der Waals surface area contributed by atoms with E-state index in [9.17, 15) is 4.79 Å². The van der Waals surface area contributed by atoms with Gasteiger partial charge in [-0.1, -0.05) is 0 Å². The Hall–Kier alpha value is -1.69. The van der Waals surface area contributed by atoms with Gasteiger partial charge >= 0.3 is 0 Å². The largest absolute Gasteiger partial charge is 0.381 e. The van der Waals surface area contributed by atoms with Gasteiger partial charge in [-0.15, -0.1) is 0 Å². The quantitative estimate of drug-likeness (QED) is 0.663. The van der Waals surface area contributed by atoms with Crippen LogP contribution in [-0.4, -0.2) is 36.6 Å². The van der Waals surface area contributed by atoms with E-state index >= 15 is 0 Å². The van der Waals surface area contributed by atoms with Crippen molar-refractivity contribution in [2.45, 2.75) is 37.8 Å². The number of nitrogens with one attached hydrogen (secondary N) is 3. The van der Waals surface area contributed by atoms with Crippen LogP contribution in [0.3, 0.4) is 0 Å². The molecule has 0 aromatic rings. The first-order chi connectivity index (χ1) is 9.28. The summed E-state index contributed by atoms with van der Waals surface area (Å²) in [6, 6.07) is 0.470. The van der Waals surface area contributed by atoms with Gasteiger partial charge in [0.1, 0.15) is 5.82 Å². The molecule has 3 N–H and O–H groups in total. The molecule has 0 atom stereocenters. The van der Waals surface area contributed by atoms with Crippen molar-refractivity contribution in [3.63, 3.8) is 0 Å². The topological polar surface area (TPSA) is 65.6 Å². The maximum absolute atomic E-state index is 11.4. The van der Waals surface area contributed by atoms with Crippen LogP contribution in [0.25, 0.3) is 0 Å². The lowest BCUT2D eigenvalue weighted by Crippen LogP contribution is -2.52. The smallest absolute Gasteiger partial charge is 0.244 e. The van der Waals surface area contributed by atoms with E-state index in [1.165, 1.54) is 0 Å². The molecule has 3 rings (SSSR count). The van der Waals surface area contributed by atoms with Gasteiger partial charge in [-0.05, 0) is 25.7 Å². The van der Waals surface area contributed by atoms with Crippen molar-refractivity contribution in [3.8, 4) is 0 Å². The fraction of sp³-hybridized carbons (Fsp3) is 0.615. The molecule has 0 radical (unpaired) electrons. The van der Waals surface area contributed by atoms with Crippen LogP contribution >= 0.6 is 0 Å². The Morgan fingerprint density at radius 3 is 2.84 bits per heavy atom. The number of hydrogen-bond acceptors (Lipinski definition) is 5. The van der Waals surface area contributed by atoms with Crippen molar-refractivity contribution >= 4 is 5.91 Å². The summed E-state index contributed by atoms with van der Waals surface area (Å²) in [4.78, 5) is 13.6. The predicted octanol–water partition coefficient (Wildman–Crippen LogP) is 0.166. The van der Waals surface area contributed by atoms with E-state index in [0.29, 0.717) is 18.7 Å². The third kappa shape index (κ3) is 2.40. The van der Waals surface area contributed by atoms with Crippen molar-refractivity contribution in [2.75, 3.05) is 13.7 Å². The Morgan fingerprint density at radius 1 is 1.32 bits per heavy atom. The van der Waals surface area contributed by atoms with Crippen LogP contribution in [0.15, 0.2) is 24.0 Å². The zero-order chi connectivity index (χ0) is 13.2. The normalized spacial score (nSPS) is 30.4. The minimum atomic E-state index is -0.00964. The summed E-state index contributed by atoms with van der Waals surface area (Å²) < 4.78 is 5.41. The van der Waals surface area contributed by atoms with E-state index < -0.39 is 0 Å². The molecule has 2 aliphatic heterocycles. The summed E-state index contributed by atoms with van der Waals surface area (Å²) in [5, 5.41) is 9.13. The number of hydrogen-bond donors (Lipinski definition) is 3. The minimum Gasteiger partial charge on any atom is -0.381 e. The van der Waals surface area contributed by atoms with Gasteiger partial charge in [0.25, 0.3) is 0 Å². The number of methoxy groups -OCH3 is 1. The highest BCUT2D eigenvalue weighted by Crippen LogP contribution is 2.28.